The van der Waals surface area contributed by atoms with E-state index in [9.17, 15) is 4.79 Å². The lowest BCUT2D eigenvalue weighted by Gasteiger charge is -1.94. The number of aromatic nitrogens is 4. The number of oxazole rings is 1. The predicted molar refractivity (Wildman–Crippen MR) is 55.4 cm³/mol. The molecule has 0 aliphatic heterocycles. The molecule has 0 fully saturated rings. The van der Waals surface area contributed by atoms with Crippen molar-refractivity contribution in [2.45, 2.75) is 0 Å². The van der Waals surface area contributed by atoms with Crippen molar-refractivity contribution in [1.82, 2.24) is 19.6 Å². The summed E-state index contributed by atoms with van der Waals surface area (Å²) in [5, 5.41) is 13.0. The molecule has 3 aromatic rings. The summed E-state index contributed by atoms with van der Waals surface area (Å²) in [5.41, 5.74) is 1.17. The lowest BCUT2D eigenvalue weighted by molar-refractivity contribution is 0.0695. The number of hydrogen-bond donors (Lipinski definition) is 1. The highest BCUT2D eigenvalue weighted by atomic mass is 16.4. The first-order chi connectivity index (χ1) is 8.24. The van der Waals surface area contributed by atoms with Crippen LogP contribution in [0.3, 0.4) is 0 Å². The third-order valence-corrected chi connectivity index (χ3v) is 2.25. The Labute approximate surface area is 94.3 Å². The normalized spacial score (nSPS) is 10.8. The van der Waals surface area contributed by atoms with E-state index < -0.39 is 5.97 Å². The van der Waals surface area contributed by atoms with E-state index in [1.54, 1.807) is 6.07 Å². The van der Waals surface area contributed by atoms with Gasteiger partial charge in [-0.1, -0.05) is 0 Å². The Morgan fingerprint density at radius 2 is 2.29 bits per heavy atom. The van der Waals surface area contributed by atoms with Gasteiger partial charge in [0.15, 0.2) is 17.8 Å². The molecule has 3 rings (SSSR count). The largest absolute Gasteiger partial charge is 0.478 e. The van der Waals surface area contributed by atoms with Gasteiger partial charge in [-0.2, -0.15) is 5.10 Å². The van der Waals surface area contributed by atoms with Crippen LogP contribution in [0.1, 0.15) is 10.4 Å². The number of nitrogens with zero attached hydrogens (tertiary/aromatic N) is 4. The fourth-order valence-electron chi connectivity index (χ4n) is 1.45. The molecule has 3 aromatic heterocycles. The topological polar surface area (TPSA) is 93.5 Å². The van der Waals surface area contributed by atoms with Gasteiger partial charge in [0, 0.05) is 18.5 Å². The van der Waals surface area contributed by atoms with Crippen molar-refractivity contribution in [3.8, 4) is 11.5 Å². The second kappa shape index (κ2) is 3.41. The second-order valence-electron chi connectivity index (χ2n) is 3.35. The van der Waals surface area contributed by atoms with Crippen LogP contribution < -0.4 is 0 Å². The predicted octanol–water partition coefficient (Wildman–Crippen LogP) is 1.08. The summed E-state index contributed by atoms with van der Waals surface area (Å²) in [4.78, 5) is 18.5. The van der Waals surface area contributed by atoms with Crippen molar-refractivity contribution in [1.29, 1.82) is 0 Å². The quantitative estimate of drug-likeness (QED) is 0.708. The second-order valence-corrected chi connectivity index (χ2v) is 3.35. The number of hydrogen-bond acceptors (Lipinski definition) is 5. The van der Waals surface area contributed by atoms with Crippen LogP contribution in [0.4, 0.5) is 0 Å². The summed E-state index contributed by atoms with van der Waals surface area (Å²) in [6.07, 6.45) is 5.50. The van der Waals surface area contributed by atoms with Gasteiger partial charge in [0.2, 0.25) is 0 Å². The molecule has 7 heteroatoms. The molecule has 0 spiro atoms. The van der Waals surface area contributed by atoms with Crippen LogP contribution in [0, 0.1) is 0 Å². The minimum Gasteiger partial charge on any atom is -0.478 e. The monoisotopic (exact) mass is 230 g/mol. The van der Waals surface area contributed by atoms with Gasteiger partial charge >= 0.3 is 5.97 Å². The zero-order valence-corrected chi connectivity index (χ0v) is 8.44. The number of aromatic carboxylic acids is 1. The maximum atomic E-state index is 10.8. The molecule has 0 saturated heterocycles. The molecule has 17 heavy (non-hydrogen) atoms. The third-order valence-electron chi connectivity index (χ3n) is 2.25. The number of rotatable bonds is 2. The fraction of sp³-hybridized carbons (Fsp3) is 0. The molecule has 0 aliphatic rings. The standard InChI is InChI=1S/C10H6N4O3/c15-10(16)6-2-12-9-1-7(13-14(9)4-6)8-3-11-5-17-8/h1-5H,(H,15,16). The van der Waals surface area contributed by atoms with Gasteiger partial charge in [-0.05, 0) is 0 Å². The lowest BCUT2D eigenvalue weighted by Crippen LogP contribution is -2.00. The molecule has 0 bridgehead atoms. The minimum atomic E-state index is -1.05. The summed E-state index contributed by atoms with van der Waals surface area (Å²) in [5.74, 6) is -0.538. The van der Waals surface area contributed by atoms with E-state index in [-0.39, 0.29) is 5.56 Å². The van der Waals surface area contributed by atoms with Gasteiger partial charge in [-0.25, -0.2) is 19.3 Å². The zero-order chi connectivity index (χ0) is 11.8. The van der Waals surface area contributed by atoms with Crippen molar-refractivity contribution in [2.24, 2.45) is 0 Å². The first-order valence-electron chi connectivity index (χ1n) is 4.71. The van der Waals surface area contributed by atoms with Crippen LogP contribution in [0.2, 0.25) is 0 Å². The Bertz CT molecular complexity index is 687. The van der Waals surface area contributed by atoms with E-state index in [1.165, 1.54) is 29.5 Å². The maximum Gasteiger partial charge on any atom is 0.338 e. The van der Waals surface area contributed by atoms with Crippen LogP contribution in [-0.2, 0) is 0 Å². The van der Waals surface area contributed by atoms with Gasteiger partial charge < -0.3 is 9.52 Å². The van der Waals surface area contributed by atoms with Crippen LogP contribution in [0.25, 0.3) is 17.1 Å². The highest BCUT2D eigenvalue weighted by molar-refractivity contribution is 5.87. The van der Waals surface area contributed by atoms with E-state index in [1.807, 2.05) is 0 Å². The maximum absolute atomic E-state index is 10.8. The Hall–Kier alpha value is -2.70. The van der Waals surface area contributed by atoms with Gasteiger partial charge in [0.1, 0.15) is 5.69 Å². The third kappa shape index (κ3) is 1.53. The first-order valence-corrected chi connectivity index (χ1v) is 4.71. The van der Waals surface area contributed by atoms with Gasteiger partial charge in [0.25, 0.3) is 0 Å². The number of carboxylic acids is 1. The summed E-state index contributed by atoms with van der Waals surface area (Å²) >= 11 is 0. The molecule has 0 atom stereocenters. The molecule has 0 aromatic carbocycles. The van der Waals surface area contributed by atoms with Gasteiger partial charge in [0.05, 0.1) is 11.8 Å². The molecule has 7 nitrogen and oxygen atoms in total. The van der Waals surface area contributed by atoms with Crippen molar-refractivity contribution in [3.63, 3.8) is 0 Å². The lowest BCUT2D eigenvalue weighted by atomic mass is 10.3. The molecule has 0 unspecified atom stereocenters. The van der Waals surface area contributed by atoms with E-state index in [0.717, 1.165) is 0 Å². The highest BCUT2D eigenvalue weighted by Gasteiger charge is 2.10. The summed E-state index contributed by atoms with van der Waals surface area (Å²) in [7, 11) is 0. The Morgan fingerprint density at radius 1 is 1.41 bits per heavy atom. The Morgan fingerprint density at radius 3 is 3.00 bits per heavy atom. The van der Waals surface area contributed by atoms with Crippen molar-refractivity contribution in [3.05, 3.63) is 36.6 Å². The summed E-state index contributed by atoms with van der Waals surface area (Å²) in [6.45, 7) is 0. The minimum absolute atomic E-state index is 0.0738. The zero-order valence-electron chi connectivity index (χ0n) is 8.44. The molecular weight excluding hydrogens is 224 g/mol. The number of fused-ring (bicyclic) bond motifs is 1. The van der Waals surface area contributed by atoms with Crippen molar-refractivity contribution >= 4 is 11.6 Å². The molecular formula is C10H6N4O3. The SMILES string of the molecule is O=C(O)c1cnc2cc(-c3cnco3)nn2c1. The molecule has 0 amide bonds. The van der Waals surface area contributed by atoms with E-state index in [0.29, 0.717) is 17.1 Å². The average Bonchev–Trinajstić information content (AvgIpc) is 2.96. The molecule has 0 radical (unpaired) electrons. The van der Waals surface area contributed by atoms with Gasteiger partial charge in [-0.15, -0.1) is 0 Å². The van der Waals surface area contributed by atoms with Gasteiger partial charge in [-0.3, -0.25) is 0 Å². The van der Waals surface area contributed by atoms with Crippen LogP contribution in [-0.4, -0.2) is 30.7 Å². The van der Waals surface area contributed by atoms with Crippen LogP contribution >= 0.6 is 0 Å². The average molecular weight is 230 g/mol. The molecule has 3 heterocycles. The Kier molecular flexibility index (Phi) is 1.91. The molecule has 84 valence electrons. The fourth-order valence-corrected chi connectivity index (χ4v) is 1.45. The molecule has 1 N–H and O–H groups in total. The highest BCUT2D eigenvalue weighted by Crippen LogP contribution is 2.18. The summed E-state index contributed by atoms with van der Waals surface area (Å²) < 4.78 is 6.49. The van der Waals surface area contributed by atoms with E-state index >= 15 is 0 Å². The van der Waals surface area contributed by atoms with E-state index in [4.69, 9.17) is 9.52 Å². The first kappa shape index (κ1) is 9.52. The van der Waals surface area contributed by atoms with Crippen molar-refractivity contribution in [2.75, 3.05) is 0 Å². The van der Waals surface area contributed by atoms with E-state index in [2.05, 4.69) is 15.1 Å². The summed E-state index contributed by atoms with van der Waals surface area (Å²) in [6, 6.07) is 1.69. The number of carboxylic acid groups (broad SMARTS) is 1. The number of carbonyl (C=O) groups is 1. The smallest absolute Gasteiger partial charge is 0.338 e. The van der Waals surface area contributed by atoms with Crippen LogP contribution in [0.5, 0.6) is 0 Å². The molecule has 0 saturated carbocycles. The Balaban J connectivity index is 2.16. The molecule has 0 aliphatic carbocycles. The van der Waals surface area contributed by atoms with Crippen molar-refractivity contribution < 1.29 is 14.3 Å². The van der Waals surface area contributed by atoms with Crippen LogP contribution in [0.15, 0.2) is 35.5 Å².